The number of furan rings is 1. The minimum absolute atomic E-state index is 0.612. The van der Waals surface area contributed by atoms with Gasteiger partial charge in [0.1, 0.15) is 11.2 Å². The van der Waals surface area contributed by atoms with Crippen LogP contribution in [0.1, 0.15) is 0 Å². The second kappa shape index (κ2) is 11.2. The third kappa shape index (κ3) is 4.39. The summed E-state index contributed by atoms with van der Waals surface area (Å²) in [5.74, 6) is 1.86. The molecule has 3 aromatic heterocycles. The van der Waals surface area contributed by atoms with Crippen molar-refractivity contribution >= 4 is 65.3 Å². The largest absolute Gasteiger partial charge is 0.456 e. The minimum Gasteiger partial charge on any atom is -0.456 e. The molecule has 0 unspecified atom stereocenters. The first-order valence-electron chi connectivity index (χ1n) is 17.4. The molecule has 0 aliphatic heterocycles. The molecule has 242 valence electrons. The maximum Gasteiger partial charge on any atom is 0.164 e. The van der Waals surface area contributed by atoms with Crippen LogP contribution in [0.25, 0.3) is 105 Å². The van der Waals surface area contributed by atoms with Gasteiger partial charge < -0.3 is 8.98 Å². The van der Waals surface area contributed by atoms with Crippen molar-refractivity contribution in [3.05, 3.63) is 170 Å². The van der Waals surface area contributed by atoms with E-state index < -0.39 is 0 Å². The normalized spacial score (nSPS) is 11.8. The molecule has 52 heavy (non-hydrogen) atoms. The monoisotopic (exact) mass is 664 g/mol. The molecule has 0 fully saturated rings. The van der Waals surface area contributed by atoms with E-state index in [-0.39, 0.29) is 0 Å². The molecule has 5 nitrogen and oxygen atoms in total. The molecule has 11 rings (SSSR count). The van der Waals surface area contributed by atoms with E-state index >= 15 is 0 Å². The lowest BCUT2D eigenvalue weighted by Gasteiger charge is -2.11. The molecule has 0 radical (unpaired) electrons. The summed E-state index contributed by atoms with van der Waals surface area (Å²) in [6, 6.07) is 59.3. The molecule has 8 aromatic carbocycles. The Kier molecular flexibility index (Phi) is 6.18. The first-order chi connectivity index (χ1) is 25.8. The highest BCUT2D eigenvalue weighted by Gasteiger charge is 2.18. The Labute approximate surface area is 298 Å². The fraction of sp³-hybridized carbons (Fsp3) is 0. The van der Waals surface area contributed by atoms with Gasteiger partial charge in [-0.1, -0.05) is 109 Å². The predicted octanol–water partition coefficient (Wildman–Crippen LogP) is 12.2. The van der Waals surface area contributed by atoms with Crippen LogP contribution in [0.3, 0.4) is 0 Å². The number of para-hydroxylation sites is 1. The Balaban J connectivity index is 1.09. The topological polar surface area (TPSA) is 56.7 Å². The van der Waals surface area contributed by atoms with Gasteiger partial charge in [-0.3, -0.25) is 0 Å². The number of benzene rings is 8. The van der Waals surface area contributed by atoms with Gasteiger partial charge in [-0.2, -0.15) is 0 Å². The molecule has 11 aromatic rings. The lowest BCUT2D eigenvalue weighted by molar-refractivity contribution is 0.669. The van der Waals surface area contributed by atoms with E-state index in [0.717, 1.165) is 44.3 Å². The number of hydrogen-bond acceptors (Lipinski definition) is 4. The molecule has 0 aliphatic carbocycles. The van der Waals surface area contributed by atoms with Gasteiger partial charge >= 0.3 is 0 Å². The highest BCUT2D eigenvalue weighted by molar-refractivity contribution is 6.28. The fourth-order valence-electron chi connectivity index (χ4n) is 7.80. The van der Waals surface area contributed by atoms with Gasteiger partial charge in [0.15, 0.2) is 17.5 Å². The van der Waals surface area contributed by atoms with E-state index in [4.69, 9.17) is 19.4 Å². The Morgan fingerprint density at radius 2 is 0.865 bits per heavy atom. The lowest BCUT2D eigenvalue weighted by atomic mass is 10.00. The van der Waals surface area contributed by atoms with Crippen LogP contribution in [0.4, 0.5) is 0 Å². The zero-order valence-electron chi connectivity index (χ0n) is 27.9. The van der Waals surface area contributed by atoms with E-state index in [2.05, 4.69) is 114 Å². The second-order valence-corrected chi connectivity index (χ2v) is 13.2. The molecule has 5 heteroatoms. The molecule has 0 aliphatic rings. The average Bonchev–Trinajstić information content (AvgIpc) is 3.77. The van der Waals surface area contributed by atoms with Gasteiger partial charge in [0.05, 0.1) is 11.0 Å². The number of aromatic nitrogens is 4. The maximum atomic E-state index is 6.11. The van der Waals surface area contributed by atoms with E-state index in [0.29, 0.717) is 17.5 Å². The highest BCUT2D eigenvalue weighted by Crippen LogP contribution is 2.41. The van der Waals surface area contributed by atoms with Gasteiger partial charge in [-0.15, -0.1) is 0 Å². The zero-order valence-corrected chi connectivity index (χ0v) is 27.9. The van der Waals surface area contributed by atoms with Crippen molar-refractivity contribution in [2.75, 3.05) is 0 Å². The Morgan fingerprint density at radius 1 is 0.365 bits per heavy atom. The number of nitrogens with zero attached hydrogens (tertiary/aromatic N) is 4. The van der Waals surface area contributed by atoms with E-state index in [1.165, 1.54) is 43.4 Å². The van der Waals surface area contributed by atoms with E-state index in [9.17, 15) is 0 Å². The SMILES string of the molecule is c1ccc(-c2nc(-c3ccc(-n4c5ccc6ccccc6c5c5c6ccccc6ccc54)cc3)nc(-c3ccc4oc5ccccc5c4c3)n2)cc1. The van der Waals surface area contributed by atoms with Crippen LogP contribution >= 0.6 is 0 Å². The zero-order chi connectivity index (χ0) is 34.2. The van der Waals surface area contributed by atoms with Crippen molar-refractivity contribution in [1.82, 2.24) is 19.5 Å². The van der Waals surface area contributed by atoms with Crippen molar-refractivity contribution in [2.24, 2.45) is 0 Å². The third-order valence-electron chi connectivity index (χ3n) is 10.2. The standard InChI is InChI=1S/C47H28N4O/c1-2-12-31(13-3-1)45-48-46(50-47(49-45)33-22-27-42-38(28-33)37-16-8-9-17-41(37)52-42)32-18-23-34(24-19-32)51-39-25-20-29-10-4-6-14-35(29)43(39)44-36-15-7-5-11-30(36)21-26-40(44)51/h1-28H. The predicted molar refractivity (Wildman–Crippen MR) is 213 cm³/mol. The molecule has 3 heterocycles. The first-order valence-corrected chi connectivity index (χ1v) is 17.4. The molecular formula is C47H28N4O. The summed E-state index contributed by atoms with van der Waals surface area (Å²) < 4.78 is 8.49. The lowest BCUT2D eigenvalue weighted by Crippen LogP contribution is -2.00. The summed E-state index contributed by atoms with van der Waals surface area (Å²) in [4.78, 5) is 15.1. The summed E-state index contributed by atoms with van der Waals surface area (Å²) in [6.07, 6.45) is 0. The second-order valence-electron chi connectivity index (χ2n) is 13.2. The molecule has 0 bridgehead atoms. The summed E-state index contributed by atoms with van der Waals surface area (Å²) in [6.45, 7) is 0. The quantitative estimate of drug-likeness (QED) is 0.188. The van der Waals surface area contributed by atoms with Gasteiger partial charge in [0, 0.05) is 43.9 Å². The van der Waals surface area contributed by atoms with Crippen LogP contribution in [0.5, 0.6) is 0 Å². The van der Waals surface area contributed by atoms with Gasteiger partial charge in [0.2, 0.25) is 0 Å². The van der Waals surface area contributed by atoms with Crippen LogP contribution in [-0.2, 0) is 0 Å². The molecule has 0 amide bonds. The molecule has 0 saturated heterocycles. The summed E-state index contributed by atoms with van der Waals surface area (Å²) in [7, 11) is 0. The Bertz CT molecular complexity index is 3080. The fourth-order valence-corrected chi connectivity index (χ4v) is 7.80. The highest BCUT2D eigenvalue weighted by atomic mass is 16.3. The van der Waals surface area contributed by atoms with Crippen LogP contribution in [0.15, 0.2) is 174 Å². The number of hydrogen-bond donors (Lipinski definition) is 0. The Hall–Kier alpha value is -7.11. The smallest absolute Gasteiger partial charge is 0.164 e. The summed E-state index contributed by atoms with van der Waals surface area (Å²) in [5.41, 5.74) is 7.87. The Morgan fingerprint density at radius 3 is 1.52 bits per heavy atom. The van der Waals surface area contributed by atoms with Crippen LogP contribution in [0, 0.1) is 0 Å². The van der Waals surface area contributed by atoms with Crippen LogP contribution < -0.4 is 0 Å². The molecular weight excluding hydrogens is 637 g/mol. The molecule has 0 saturated carbocycles. The average molecular weight is 665 g/mol. The van der Waals surface area contributed by atoms with Crippen LogP contribution in [-0.4, -0.2) is 19.5 Å². The van der Waals surface area contributed by atoms with Crippen molar-refractivity contribution in [2.45, 2.75) is 0 Å². The molecule has 0 spiro atoms. The van der Waals surface area contributed by atoms with Crippen molar-refractivity contribution in [3.8, 4) is 39.9 Å². The van der Waals surface area contributed by atoms with E-state index in [1.807, 2.05) is 60.7 Å². The van der Waals surface area contributed by atoms with Crippen molar-refractivity contribution in [3.63, 3.8) is 0 Å². The van der Waals surface area contributed by atoms with Crippen molar-refractivity contribution in [1.29, 1.82) is 0 Å². The maximum absolute atomic E-state index is 6.11. The van der Waals surface area contributed by atoms with Crippen molar-refractivity contribution < 1.29 is 4.42 Å². The van der Waals surface area contributed by atoms with Crippen LogP contribution in [0.2, 0.25) is 0 Å². The number of rotatable bonds is 4. The van der Waals surface area contributed by atoms with E-state index in [1.54, 1.807) is 0 Å². The summed E-state index contributed by atoms with van der Waals surface area (Å²) in [5, 5.41) is 9.62. The molecule has 0 atom stereocenters. The van der Waals surface area contributed by atoms with Gasteiger partial charge in [-0.25, -0.2) is 15.0 Å². The first kappa shape index (κ1) is 28.7. The van der Waals surface area contributed by atoms with Gasteiger partial charge in [0.25, 0.3) is 0 Å². The molecule has 0 N–H and O–H groups in total. The summed E-state index contributed by atoms with van der Waals surface area (Å²) >= 11 is 0. The van der Waals surface area contributed by atoms with Gasteiger partial charge in [-0.05, 0) is 82.2 Å². The third-order valence-corrected chi connectivity index (χ3v) is 10.2. The number of fused-ring (bicyclic) bond motifs is 10. The minimum atomic E-state index is 0.612.